The van der Waals surface area contributed by atoms with E-state index in [0.717, 1.165) is 13.1 Å². The third-order valence-electron chi connectivity index (χ3n) is 4.96. The minimum absolute atomic E-state index is 0.325. The Balaban J connectivity index is 1.81. The van der Waals surface area contributed by atoms with Gasteiger partial charge in [-0.25, -0.2) is 0 Å². The zero-order valence-corrected chi connectivity index (χ0v) is 13.6. The average Bonchev–Trinajstić information content (AvgIpc) is 3.10. The summed E-state index contributed by atoms with van der Waals surface area (Å²) in [4.78, 5) is 2.61. The van der Waals surface area contributed by atoms with Gasteiger partial charge in [0.25, 0.3) is 0 Å². The van der Waals surface area contributed by atoms with Gasteiger partial charge in [0.1, 0.15) is 0 Å². The van der Waals surface area contributed by atoms with Crippen LogP contribution in [0.25, 0.3) is 0 Å². The van der Waals surface area contributed by atoms with Gasteiger partial charge in [-0.15, -0.1) is 6.58 Å². The molecule has 114 valence electrons. The molecular weight excluding hydrogens is 266 g/mol. The Labute approximate surface area is 134 Å². The molecule has 0 radical (unpaired) electrons. The van der Waals surface area contributed by atoms with Crippen molar-refractivity contribution in [2.75, 3.05) is 0 Å². The Morgan fingerprint density at radius 3 is 1.73 bits per heavy atom. The van der Waals surface area contributed by atoms with Crippen LogP contribution in [0.3, 0.4) is 0 Å². The molecule has 1 aliphatic rings. The van der Waals surface area contributed by atoms with Gasteiger partial charge in [0.15, 0.2) is 0 Å². The fraction of sp³-hybridized carbons (Fsp3) is 0.333. The summed E-state index contributed by atoms with van der Waals surface area (Å²) in [6.07, 6.45) is 2.13. The van der Waals surface area contributed by atoms with Crippen molar-refractivity contribution in [2.45, 2.75) is 33.0 Å². The van der Waals surface area contributed by atoms with Crippen molar-refractivity contribution in [1.82, 2.24) is 4.90 Å². The second kappa shape index (κ2) is 6.10. The lowest BCUT2D eigenvalue weighted by atomic mass is 10.1. The van der Waals surface area contributed by atoms with E-state index in [4.69, 9.17) is 0 Å². The molecule has 0 bridgehead atoms. The predicted octanol–water partition coefficient (Wildman–Crippen LogP) is 4.90. The molecule has 0 saturated heterocycles. The zero-order chi connectivity index (χ0) is 15.6. The second-order valence-corrected chi connectivity index (χ2v) is 6.90. The second-order valence-electron chi connectivity index (χ2n) is 6.90. The van der Waals surface area contributed by atoms with Crippen LogP contribution < -0.4 is 0 Å². The monoisotopic (exact) mass is 291 g/mol. The molecule has 1 fully saturated rings. The fourth-order valence-corrected chi connectivity index (χ4v) is 3.67. The minimum atomic E-state index is 0.325. The van der Waals surface area contributed by atoms with Crippen LogP contribution in [0.4, 0.5) is 0 Å². The molecule has 0 heterocycles. The molecule has 0 aromatic heterocycles. The van der Waals surface area contributed by atoms with Gasteiger partial charge in [-0.2, -0.15) is 0 Å². The van der Waals surface area contributed by atoms with Gasteiger partial charge in [-0.1, -0.05) is 80.6 Å². The largest absolute Gasteiger partial charge is 0.291 e. The summed E-state index contributed by atoms with van der Waals surface area (Å²) >= 11 is 0. The summed E-state index contributed by atoms with van der Waals surface area (Å²) in [5.41, 5.74) is 3.08. The van der Waals surface area contributed by atoms with Gasteiger partial charge in [0, 0.05) is 19.1 Å². The molecule has 2 aromatic rings. The number of benzene rings is 2. The van der Waals surface area contributed by atoms with E-state index >= 15 is 0 Å². The molecule has 0 spiro atoms. The van der Waals surface area contributed by atoms with Crippen LogP contribution in [0.5, 0.6) is 0 Å². The highest BCUT2D eigenvalue weighted by atomic mass is 15.2. The molecule has 0 N–H and O–H groups in total. The van der Waals surface area contributed by atoms with Gasteiger partial charge in [-0.3, -0.25) is 4.90 Å². The summed E-state index contributed by atoms with van der Waals surface area (Å²) in [7, 11) is 0. The van der Waals surface area contributed by atoms with Gasteiger partial charge in [0.05, 0.1) is 0 Å². The van der Waals surface area contributed by atoms with Crippen LogP contribution in [0.15, 0.2) is 73.3 Å². The summed E-state index contributed by atoms with van der Waals surface area (Å²) in [5, 5.41) is 0. The highest BCUT2D eigenvalue weighted by Crippen LogP contribution is 2.56. The van der Waals surface area contributed by atoms with Gasteiger partial charge >= 0.3 is 0 Å². The quantitative estimate of drug-likeness (QED) is 0.684. The van der Waals surface area contributed by atoms with E-state index in [1.54, 1.807) is 0 Å². The fourth-order valence-electron chi connectivity index (χ4n) is 3.67. The summed E-state index contributed by atoms with van der Waals surface area (Å²) in [6.45, 7) is 10.7. The zero-order valence-electron chi connectivity index (χ0n) is 13.6. The van der Waals surface area contributed by atoms with E-state index in [9.17, 15) is 0 Å². The van der Waals surface area contributed by atoms with E-state index in [-0.39, 0.29) is 0 Å². The summed E-state index contributed by atoms with van der Waals surface area (Å²) in [6, 6.07) is 22.1. The minimum Gasteiger partial charge on any atom is -0.291 e. The molecule has 0 aliphatic heterocycles. The van der Waals surface area contributed by atoms with Crippen molar-refractivity contribution in [3.8, 4) is 0 Å². The molecule has 1 heteroatoms. The summed E-state index contributed by atoms with van der Waals surface area (Å²) in [5.74, 6) is 0.583. The molecular formula is C21H25N. The van der Waals surface area contributed by atoms with Crippen molar-refractivity contribution in [2.24, 2.45) is 11.3 Å². The van der Waals surface area contributed by atoms with E-state index in [0.29, 0.717) is 17.4 Å². The Kier molecular flexibility index (Phi) is 4.17. The van der Waals surface area contributed by atoms with Crippen molar-refractivity contribution in [3.05, 3.63) is 84.4 Å². The first-order chi connectivity index (χ1) is 10.6. The van der Waals surface area contributed by atoms with Gasteiger partial charge in [0.2, 0.25) is 0 Å². The van der Waals surface area contributed by atoms with Crippen LogP contribution in [-0.2, 0) is 13.1 Å². The number of rotatable bonds is 6. The lowest BCUT2D eigenvalue weighted by Gasteiger charge is -2.24. The molecule has 2 aromatic carbocycles. The molecule has 1 aliphatic carbocycles. The number of hydrogen-bond acceptors (Lipinski definition) is 1. The molecule has 1 nitrogen and oxygen atoms in total. The normalized spacial score (nSPS) is 22.5. The third-order valence-corrected chi connectivity index (χ3v) is 4.96. The van der Waals surface area contributed by atoms with Crippen molar-refractivity contribution >= 4 is 0 Å². The topological polar surface area (TPSA) is 3.24 Å². The number of nitrogens with zero attached hydrogens (tertiary/aromatic N) is 1. The Morgan fingerprint density at radius 1 is 0.909 bits per heavy atom. The Morgan fingerprint density at radius 2 is 1.36 bits per heavy atom. The SMILES string of the molecule is C=C[C@H]1[C@H](N(Cc2ccccc2)Cc2ccccc2)C1(C)C. The first-order valence-electron chi connectivity index (χ1n) is 8.07. The first-order valence-corrected chi connectivity index (χ1v) is 8.07. The van der Waals surface area contributed by atoms with E-state index < -0.39 is 0 Å². The van der Waals surface area contributed by atoms with Gasteiger partial charge in [-0.05, 0) is 22.5 Å². The maximum absolute atomic E-state index is 4.04. The molecule has 3 rings (SSSR count). The Bertz CT molecular complexity index is 573. The lowest BCUT2D eigenvalue weighted by molar-refractivity contribution is 0.216. The first kappa shape index (κ1) is 15.1. The Hall–Kier alpha value is -1.86. The third kappa shape index (κ3) is 3.00. The van der Waals surface area contributed by atoms with Gasteiger partial charge < -0.3 is 0 Å². The van der Waals surface area contributed by atoms with Crippen LogP contribution in [-0.4, -0.2) is 10.9 Å². The van der Waals surface area contributed by atoms with Crippen LogP contribution in [0.2, 0.25) is 0 Å². The highest BCUT2D eigenvalue weighted by Gasteiger charge is 2.58. The average molecular weight is 291 g/mol. The molecule has 1 saturated carbocycles. The molecule has 22 heavy (non-hydrogen) atoms. The lowest BCUT2D eigenvalue weighted by Crippen LogP contribution is -2.28. The summed E-state index contributed by atoms with van der Waals surface area (Å²) < 4.78 is 0. The molecule has 0 unspecified atom stereocenters. The van der Waals surface area contributed by atoms with Crippen molar-refractivity contribution < 1.29 is 0 Å². The van der Waals surface area contributed by atoms with Crippen molar-refractivity contribution in [3.63, 3.8) is 0 Å². The van der Waals surface area contributed by atoms with Crippen molar-refractivity contribution in [1.29, 1.82) is 0 Å². The van der Waals surface area contributed by atoms with Crippen LogP contribution in [0, 0.1) is 11.3 Å². The van der Waals surface area contributed by atoms with E-state index in [1.807, 2.05) is 0 Å². The standard InChI is InChI=1S/C21H25N/c1-4-19-20(21(19,2)3)22(15-17-11-7-5-8-12-17)16-18-13-9-6-10-14-18/h4-14,19-20H,1,15-16H2,2-3H3/t19-,20-/m0/s1. The van der Waals surface area contributed by atoms with Crippen LogP contribution >= 0.6 is 0 Å². The van der Waals surface area contributed by atoms with E-state index in [1.165, 1.54) is 11.1 Å². The smallest absolute Gasteiger partial charge is 0.0240 e. The molecule has 0 amide bonds. The van der Waals surface area contributed by atoms with Crippen LogP contribution in [0.1, 0.15) is 25.0 Å². The van der Waals surface area contributed by atoms with E-state index in [2.05, 4.69) is 92.1 Å². The molecule has 2 atom stereocenters. The maximum atomic E-state index is 4.04. The predicted molar refractivity (Wildman–Crippen MR) is 93.4 cm³/mol. The maximum Gasteiger partial charge on any atom is 0.0240 e. The number of hydrogen-bond donors (Lipinski definition) is 0. The highest BCUT2D eigenvalue weighted by molar-refractivity contribution is 5.23.